The van der Waals surface area contributed by atoms with Crippen molar-refractivity contribution >= 4 is 11.7 Å². The van der Waals surface area contributed by atoms with Crippen molar-refractivity contribution in [2.45, 2.75) is 18.9 Å². The summed E-state index contributed by atoms with van der Waals surface area (Å²) in [5.74, 6) is 0.613. The van der Waals surface area contributed by atoms with Gasteiger partial charge in [-0.15, -0.1) is 0 Å². The summed E-state index contributed by atoms with van der Waals surface area (Å²) in [6, 6.07) is 10.8. The van der Waals surface area contributed by atoms with E-state index in [1.165, 1.54) is 0 Å². The zero-order valence-electron chi connectivity index (χ0n) is 15.3. The van der Waals surface area contributed by atoms with Crippen LogP contribution in [-0.4, -0.2) is 49.8 Å². The molecule has 0 saturated carbocycles. The third-order valence-electron chi connectivity index (χ3n) is 5.04. The molecule has 0 spiro atoms. The summed E-state index contributed by atoms with van der Waals surface area (Å²) in [4.78, 5) is 16.1. The van der Waals surface area contributed by atoms with Crippen LogP contribution in [0.5, 0.6) is 11.5 Å². The molecule has 2 aliphatic rings. The molecule has 27 heavy (non-hydrogen) atoms. The number of aliphatic imine (C=N–C) groups is 1. The number of rotatable bonds is 5. The first-order valence-electron chi connectivity index (χ1n) is 8.96. The highest BCUT2D eigenvalue weighted by atomic mass is 16.5. The van der Waals surface area contributed by atoms with E-state index in [9.17, 15) is 4.79 Å². The molecule has 6 heteroatoms. The maximum Gasteiger partial charge on any atom is 0.335 e. The standard InChI is InChI=1S/C21H21NO5/c1-3-27-19-8-14-15(9-18(19)25-2)20(22-17-11-26-10-16(14)17)12-4-6-13(7-5-12)21(23)24/h4-9,16-17H,3,10-11H2,1-2H3,(H,23,24)/t16-,17-/m1/s1. The summed E-state index contributed by atoms with van der Waals surface area (Å²) < 4.78 is 17.0. The predicted octanol–water partition coefficient (Wildman–Crippen LogP) is 3.13. The van der Waals surface area contributed by atoms with E-state index in [1.54, 1.807) is 31.4 Å². The first-order chi connectivity index (χ1) is 13.1. The SMILES string of the molecule is CCOc1cc2c(cc1OC)C(c1ccc(C(=O)O)cc1)=N[C@@H]1COC[C@H]21. The zero-order chi connectivity index (χ0) is 19.0. The Morgan fingerprint density at radius 2 is 2.00 bits per heavy atom. The summed E-state index contributed by atoms with van der Waals surface area (Å²) in [7, 11) is 1.62. The maximum absolute atomic E-state index is 11.1. The van der Waals surface area contributed by atoms with Gasteiger partial charge in [-0.2, -0.15) is 0 Å². The van der Waals surface area contributed by atoms with Gasteiger partial charge in [0.15, 0.2) is 11.5 Å². The van der Waals surface area contributed by atoms with E-state index in [2.05, 4.69) is 0 Å². The third kappa shape index (κ3) is 3.06. The van der Waals surface area contributed by atoms with Crippen LogP contribution < -0.4 is 9.47 Å². The van der Waals surface area contributed by atoms with Crippen LogP contribution in [0.4, 0.5) is 0 Å². The molecule has 0 aliphatic carbocycles. The van der Waals surface area contributed by atoms with Crippen molar-refractivity contribution < 1.29 is 24.1 Å². The summed E-state index contributed by atoms with van der Waals surface area (Å²) in [6.07, 6.45) is 0. The maximum atomic E-state index is 11.1. The topological polar surface area (TPSA) is 77.4 Å². The Kier molecular flexibility index (Phi) is 4.58. The second-order valence-corrected chi connectivity index (χ2v) is 6.59. The van der Waals surface area contributed by atoms with Crippen molar-refractivity contribution in [1.82, 2.24) is 0 Å². The lowest BCUT2D eigenvalue weighted by Gasteiger charge is -2.27. The number of hydrogen-bond acceptors (Lipinski definition) is 5. The van der Waals surface area contributed by atoms with Gasteiger partial charge < -0.3 is 19.3 Å². The molecule has 1 fully saturated rings. The molecule has 2 aliphatic heterocycles. The van der Waals surface area contributed by atoms with Crippen LogP contribution in [-0.2, 0) is 4.74 Å². The van der Waals surface area contributed by atoms with Crippen molar-refractivity contribution in [2.24, 2.45) is 4.99 Å². The average molecular weight is 367 g/mol. The second kappa shape index (κ2) is 7.04. The number of carboxylic acid groups (broad SMARTS) is 1. The van der Waals surface area contributed by atoms with Gasteiger partial charge in [-0.05, 0) is 36.8 Å². The highest BCUT2D eigenvalue weighted by Crippen LogP contribution is 2.41. The van der Waals surface area contributed by atoms with E-state index < -0.39 is 5.97 Å². The van der Waals surface area contributed by atoms with E-state index in [0.717, 1.165) is 22.4 Å². The van der Waals surface area contributed by atoms with E-state index in [1.807, 2.05) is 19.1 Å². The zero-order valence-corrected chi connectivity index (χ0v) is 15.3. The molecule has 2 aromatic rings. The molecule has 0 aromatic heterocycles. The number of aromatic carboxylic acids is 1. The fourth-order valence-corrected chi connectivity index (χ4v) is 3.72. The van der Waals surface area contributed by atoms with Crippen molar-refractivity contribution in [3.63, 3.8) is 0 Å². The molecule has 4 rings (SSSR count). The molecule has 140 valence electrons. The lowest BCUT2D eigenvalue weighted by Crippen LogP contribution is -2.26. The molecule has 0 radical (unpaired) electrons. The number of methoxy groups -OCH3 is 1. The predicted molar refractivity (Wildman–Crippen MR) is 101 cm³/mol. The van der Waals surface area contributed by atoms with Gasteiger partial charge in [-0.25, -0.2) is 4.79 Å². The summed E-state index contributed by atoms with van der Waals surface area (Å²) >= 11 is 0. The minimum absolute atomic E-state index is 0.0505. The van der Waals surface area contributed by atoms with Crippen LogP contribution in [0, 0.1) is 0 Å². The fraction of sp³-hybridized carbons (Fsp3) is 0.333. The van der Waals surface area contributed by atoms with Crippen LogP contribution in [0.25, 0.3) is 0 Å². The summed E-state index contributed by atoms with van der Waals surface area (Å²) in [5, 5.41) is 9.14. The second-order valence-electron chi connectivity index (χ2n) is 6.59. The van der Waals surface area contributed by atoms with Crippen LogP contribution >= 0.6 is 0 Å². The molecule has 0 unspecified atom stereocenters. The Morgan fingerprint density at radius 3 is 2.67 bits per heavy atom. The fourth-order valence-electron chi connectivity index (χ4n) is 3.72. The first-order valence-corrected chi connectivity index (χ1v) is 8.96. The third-order valence-corrected chi connectivity index (χ3v) is 5.04. The lowest BCUT2D eigenvalue weighted by molar-refractivity contribution is 0.0697. The van der Waals surface area contributed by atoms with Crippen molar-refractivity contribution in [3.05, 3.63) is 58.7 Å². The van der Waals surface area contributed by atoms with E-state index in [-0.39, 0.29) is 17.5 Å². The van der Waals surface area contributed by atoms with Crippen LogP contribution in [0.2, 0.25) is 0 Å². The number of benzene rings is 2. The van der Waals surface area contributed by atoms with Crippen molar-refractivity contribution in [3.8, 4) is 11.5 Å². The highest BCUT2D eigenvalue weighted by molar-refractivity contribution is 6.15. The normalized spacial score (nSPS) is 20.4. The van der Waals surface area contributed by atoms with Crippen molar-refractivity contribution in [2.75, 3.05) is 26.9 Å². The summed E-state index contributed by atoms with van der Waals surface area (Å²) in [6.45, 7) is 3.70. The molecule has 0 bridgehead atoms. The van der Waals surface area contributed by atoms with E-state index >= 15 is 0 Å². The Hall–Kier alpha value is -2.86. The number of ether oxygens (including phenoxy) is 3. The molecule has 6 nitrogen and oxygen atoms in total. The Balaban J connectivity index is 1.85. The Bertz CT molecular complexity index is 904. The number of fused-ring (bicyclic) bond motifs is 3. The van der Waals surface area contributed by atoms with E-state index in [4.69, 9.17) is 24.3 Å². The van der Waals surface area contributed by atoms with Gasteiger partial charge in [-0.3, -0.25) is 4.99 Å². The number of nitrogens with zero attached hydrogens (tertiary/aromatic N) is 1. The molecular weight excluding hydrogens is 346 g/mol. The molecule has 1 N–H and O–H groups in total. The number of hydrogen-bond donors (Lipinski definition) is 1. The minimum Gasteiger partial charge on any atom is -0.493 e. The molecule has 0 amide bonds. The highest BCUT2D eigenvalue weighted by Gasteiger charge is 2.37. The van der Waals surface area contributed by atoms with Gasteiger partial charge >= 0.3 is 5.97 Å². The minimum atomic E-state index is -0.945. The number of carbonyl (C=O) groups is 1. The van der Waals surface area contributed by atoms with Crippen molar-refractivity contribution in [1.29, 1.82) is 0 Å². The monoisotopic (exact) mass is 367 g/mol. The Morgan fingerprint density at radius 1 is 1.22 bits per heavy atom. The molecule has 2 aromatic carbocycles. The van der Waals surface area contributed by atoms with Crippen LogP contribution in [0.3, 0.4) is 0 Å². The molecule has 1 saturated heterocycles. The van der Waals surface area contributed by atoms with Gasteiger partial charge in [0.25, 0.3) is 0 Å². The van der Waals surface area contributed by atoms with E-state index in [0.29, 0.717) is 31.3 Å². The quantitative estimate of drug-likeness (QED) is 0.879. The molecule has 2 atom stereocenters. The average Bonchev–Trinajstić information content (AvgIpc) is 3.16. The Labute approximate surface area is 157 Å². The van der Waals surface area contributed by atoms with Crippen LogP contribution in [0.15, 0.2) is 41.4 Å². The smallest absolute Gasteiger partial charge is 0.335 e. The summed E-state index contributed by atoms with van der Waals surface area (Å²) in [5.41, 5.74) is 4.06. The van der Waals surface area contributed by atoms with Crippen LogP contribution in [0.1, 0.15) is 39.9 Å². The van der Waals surface area contributed by atoms with Gasteiger partial charge in [0.1, 0.15) is 0 Å². The lowest BCUT2D eigenvalue weighted by atomic mass is 9.83. The van der Waals surface area contributed by atoms with Gasteiger partial charge in [0, 0.05) is 17.0 Å². The van der Waals surface area contributed by atoms with Gasteiger partial charge in [0.05, 0.1) is 44.2 Å². The largest absolute Gasteiger partial charge is 0.493 e. The van der Waals surface area contributed by atoms with Gasteiger partial charge in [0.2, 0.25) is 0 Å². The van der Waals surface area contributed by atoms with Gasteiger partial charge in [-0.1, -0.05) is 12.1 Å². The number of carboxylic acids is 1. The first kappa shape index (κ1) is 17.5. The molecular formula is C21H21NO5. The molecule has 2 heterocycles.